The normalized spacial score (nSPS) is 16.8. The third-order valence-electron chi connectivity index (χ3n) is 14.6. The van der Waals surface area contributed by atoms with E-state index in [2.05, 4.69) is 217 Å². The van der Waals surface area contributed by atoms with Crippen molar-refractivity contribution in [3.63, 3.8) is 0 Å². The summed E-state index contributed by atoms with van der Waals surface area (Å²) in [6, 6.07) is 57.6. The lowest BCUT2D eigenvalue weighted by atomic mass is 9.75. The number of hydrogen-bond donors (Lipinski definition) is 0. The average Bonchev–Trinajstić information content (AvgIpc) is 3.83. The highest BCUT2D eigenvalue weighted by molar-refractivity contribution is 6.11. The molecule has 0 aliphatic heterocycles. The Morgan fingerprint density at radius 3 is 1.92 bits per heavy atom. The molecule has 1 heterocycles. The highest BCUT2D eigenvalue weighted by Crippen LogP contribution is 2.54. The van der Waals surface area contributed by atoms with Crippen LogP contribution in [0.1, 0.15) is 112 Å². The molecule has 0 N–H and O–H groups in total. The SMILES string of the molecule is CC.Cc1ccc(-c2ccc3c(c2)c2cc(C4C=C5C(=CC4)c4ccccc4C5(C)C)ccc2n3-c2ccc3c(c2)C(C)(C)c2ccccc2-3)cc1C(C)(C)c1ccccc1. The molecule has 0 spiro atoms. The third-order valence-corrected chi connectivity index (χ3v) is 14.6. The monoisotopic (exact) mass is 791 g/mol. The molecule has 1 atom stereocenters. The van der Waals surface area contributed by atoms with Gasteiger partial charge in [0.1, 0.15) is 0 Å². The van der Waals surface area contributed by atoms with Crippen molar-refractivity contribution < 1.29 is 0 Å². The molecule has 1 heteroatoms. The number of rotatable bonds is 5. The largest absolute Gasteiger partial charge is 0.309 e. The van der Waals surface area contributed by atoms with Crippen LogP contribution >= 0.6 is 0 Å². The molecule has 1 nitrogen and oxygen atoms in total. The molecule has 7 aromatic carbocycles. The minimum Gasteiger partial charge on any atom is -0.309 e. The van der Waals surface area contributed by atoms with Gasteiger partial charge in [0, 0.05) is 38.6 Å². The zero-order valence-electron chi connectivity index (χ0n) is 37.3. The Balaban J connectivity index is 0.00000220. The first-order valence-electron chi connectivity index (χ1n) is 22.5. The predicted molar refractivity (Wildman–Crippen MR) is 261 cm³/mol. The van der Waals surface area contributed by atoms with Crippen molar-refractivity contribution in [2.24, 2.45) is 0 Å². The molecule has 0 fully saturated rings. The standard InChI is InChI=1S/C58H51N.C2H6/c1-36-21-22-39(33-51(36)56(2,3)41-15-9-8-10-16-41)37-24-29-54-47(31-37)48-32-38(40-23-27-45-43-17-11-13-19-49(43)57(4,5)52(45)34-40)25-30-55(48)59(54)42-26-28-46-44-18-12-14-20-50(44)58(6,7)53(46)35-42;1-2/h8-22,24-35,40H,23H2,1-7H3;1-2H3. The second-order valence-corrected chi connectivity index (χ2v) is 19.0. The molecule has 0 bridgehead atoms. The van der Waals surface area contributed by atoms with Gasteiger partial charge in [-0.3, -0.25) is 0 Å². The van der Waals surface area contributed by atoms with Crippen molar-refractivity contribution >= 4 is 27.4 Å². The van der Waals surface area contributed by atoms with Crippen LogP contribution < -0.4 is 0 Å². The van der Waals surface area contributed by atoms with Crippen molar-refractivity contribution in [1.29, 1.82) is 0 Å². The second kappa shape index (κ2) is 14.2. The number of fused-ring (bicyclic) bond motifs is 9. The van der Waals surface area contributed by atoms with Gasteiger partial charge in [0.2, 0.25) is 0 Å². The quantitative estimate of drug-likeness (QED) is 0.164. The molecular weight excluding hydrogens is 735 g/mol. The van der Waals surface area contributed by atoms with Crippen LogP contribution in [0.2, 0.25) is 0 Å². The maximum absolute atomic E-state index is 2.59. The zero-order valence-corrected chi connectivity index (χ0v) is 37.3. The van der Waals surface area contributed by atoms with Gasteiger partial charge in [0.15, 0.2) is 0 Å². The predicted octanol–water partition coefficient (Wildman–Crippen LogP) is 16.2. The number of allylic oxidation sites excluding steroid dienone is 4. The van der Waals surface area contributed by atoms with E-state index in [1.807, 2.05) is 13.8 Å². The van der Waals surface area contributed by atoms with Crippen LogP contribution in [0.4, 0.5) is 0 Å². The Kier molecular flexibility index (Phi) is 9.08. The Labute approximate surface area is 363 Å². The fourth-order valence-corrected chi connectivity index (χ4v) is 11.2. The molecule has 0 saturated carbocycles. The summed E-state index contributed by atoms with van der Waals surface area (Å²) in [5, 5.41) is 2.60. The highest BCUT2D eigenvalue weighted by atomic mass is 15.0. The lowest BCUT2D eigenvalue weighted by Crippen LogP contribution is -2.20. The van der Waals surface area contributed by atoms with Crippen LogP contribution in [0, 0.1) is 6.92 Å². The van der Waals surface area contributed by atoms with E-state index in [0.29, 0.717) is 5.92 Å². The maximum atomic E-state index is 2.59. The first-order chi connectivity index (χ1) is 29.4. The third kappa shape index (κ3) is 5.88. The molecule has 1 unspecified atom stereocenters. The number of benzene rings is 7. The maximum Gasteiger partial charge on any atom is 0.0541 e. The average molecular weight is 792 g/mol. The summed E-state index contributed by atoms with van der Waals surface area (Å²) in [5.41, 5.74) is 22.6. The van der Waals surface area contributed by atoms with Gasteiger partial charge < -0.3 is 4.57 Å². The minimum absolute atomic E-state index is 0.0148. The molecule has 11 rings (SSSR count). The minimum atomic E-state index is -0.130. The molecule has 3 aliphatic carbocycles. The summed E-state index contributed by atoms with van der Waals surface area (Å²) in [6.45, 7) is 20.5. The summed E-state index contributed by atoms with van der Waals surface area (Å²) in [5.74, 6) is 0.312. The van der Waals surface area contributed by atoms with E-state index >= 15 is 0 Å². The van der Waals surface area contributed by atoms with Crippen molar-refractivity contribution in [3.05, 3.63) is 214 Å². The van der Waals surface area contributed by atoms with Gasteiger partial charge in [-0.1, -0.05) is 183 Å². The Morgan fingerprint density at radius 2 is 1.16 bits per heavy atom. The van der Waals surface area contributed by atoms with Crippen LogP contribution in [-0.4, -0.2) is 4.57 Å². The van der Waals surface area contributed by atoms with E-state index in [4.69, 9.17) is 0 Å². The van der Waals surface area contributed by atoms with Gasteiger partial charge in [-0.2, -0.15) is 0 Å². The van der Waals surface area contributed by atoms with E-state index in [1.54, 1.807) is 0 Å². The van der Waals surface area contributed by atoms with Gasteiger partial charge in [-0.15, -0.1) is 0 Å². The molecule has 61 heavy (non-hydrogen) atoms. The molecule has 0 radical (unpaired) electrons. The van der Waals surface area contributed by atoms with Crippen LogP contribution in [0.25, 0.3) is 55.3 Å². The molecule has 1 aromatic heterocycles. The van der Waals surface area contributed by atoms with Crippen molar-refractivity contribution in [3.8, 4) is 27.9 Å². The lowest BCUT2D eigenvalue weighted by Gasteiger charge is -2.28. The van der Waals surface area contributed by atoms with Gasteiger partial charge >= 0.3 is 0 Å². The van der Waals surface area contributed by atoms with Crippen LogP contribution in [0.15, 0.2) is 169 Å². The molecule has 302 valence electrons. The number of nitrogens with zero attached hydrogens (tertiary/aromatic N) is 1. The molecular formula is C60H57N. The summed E-state index contributed by atoms with van der Waals surface area (Å²) in [6.07, 6.45) is 6.10. The van der Waals surface area contributed by atoms with Crippen molar-refractivity contribution in [2.45, 2.75) is 90.9 Å². The highest BCUT2D eigenvalue weighted by Gasteiger charge is 2.40. The van der Waals surface area contributed by atoms with E-state index in [1.165, 1.54) is 105 Å². The molecule has 0 saturated heterocycles. The number of aryl methyl sites for hydroxylation is 1. The smallest absolute Gasteiger partial charge is 0.0541 e. The molecule has 0 amide bonds. The van der Waals surface area contributed by atoms with E-state index < -0.39 is 0 Å². The van der Waals surface area contributed by atoms with Gasteiger partial charge in [0.25, 0.3) is 0 Å². The lowest BCUT2D eigenvalue weighted by molar-refractivity contribution is 0.636. The van der Waals surface area contributed by atoms with E-state index in [-0.39, 0.29) is 16.2 Å². The van der Waals surface area contributed by atoms with Crippen molar-refractivity contribution in [2.75, 3.05) is 0 Å². The molecule has 8 aromatic rings. The van der Waals surface area contributed by atoms with Gasteiger partial charge in [0.05, 0.1) is 11.0 Å². The summed E-state index contributed by atoms with van der Waals surface area (Å²) in [7, 11) is 0. The molecule has 3 aliphatic rings. The Bertz CT molecular complexity index is 3100. The van der Waals surface area contributed by atoms with Crippen molar-refractivity contribution in [1.82, 2.24) is 4.57 Å². The zero-order chi connectivity index (χ0) is 42.4. The summed E-state index contributed by atoms with van der Waals surface area (Å²) >= 11 is 0. The fraction of sp³-hybridized carbons (Fsp3) is 0.233. The van der Waals surface area contributed by atoms with Gasteiger partial charge in [-0.05, 0) is 128 Å². The first-order valence-corrected chi connectivity index (χ1v) is 22.5. The Morgan fingerprint density at radius 1 is 0.557 bits per heavy atom. The summed E-state index contributed by atoms with van der Waals surface area (Å²) in [4.78, 5) is 0. The van der Waals surface area contributed by atoms with Crippen LogP contribution in [0.3, 0.4) is 0 Å². The van der Waals surface area contributed by atoms with E-state index in [0.717, 1.165) is 6.42 Å². The number of aromatic nitrogens is 1. The van der Waals surface area contributed by atoms with Gasteiger partial charge in [-0.25, -0.2) is 0 Å². The first kappa shape index (κ1) is 39.0. The second-order valence-electron chi connectivity index (χ2n) is 19.0. The van der Waals surface area contributed by atoms with Crippen LogP contribution in [0.5, 0.6) is 0 Å². The summed E-state index contributed by atoms with van der Waals surface area (Å²) < 4.78 is 2.52. The topological polar surface area (TPSA) is 4.93 Å². The fourth-order valence-electron chi connectivity index (χ4n) is 11.2. The van der Waals surface area contributed by atoms with E-state index in [9.17, 15) is 0 Å². The van der Waals surface area contributed by atoms with Crippen LogP contribution in [-0.2, 0) is 16.2 Å². The number of hydrogen-bond acceptors (Lipinski definition) is 0. The Hall–Kier alpha value is -6.18.